The molecule has 1 heterocycles. The van der Waals surface area contributed by atoms with Gasteiger partial charge in [-0.15, -0.1) is 0 Å². The Labute approximate surface area is 181 Å². The number of nitrogens with zero attached hydrogens (tertiary/aromatic N) is 2. The Morgan fingerprint density at radius 1 is 1.03 bits per heavy atom. The Bertz CT molecular complexity index is 1120. The smallest absolute Gasteiger partial charge is 0.328 e. The van der Waals surface area contributed by atoms with Crippen molar-refractivity contribution in [2.75, 3.05) is 7.11 Å². The van der Waals surface area contributed by atoms with E-state index >= 15 is 0 Å². The quantitative estimate of drug-likeness (QED) is 0.565. The fraction of sp³-hybridized carbons (Fsp3) is 0.333. The van der Waals surface area contributed by atoms with Crippen LogP contribution >= 0.6 is 0 Å². The molecule has 0 unspecified atom stereocenters. The second kappa shape index (κ2) is 10.0. The maximum atomic E-state index is 12.9. The van der Waals surface area contributed by atoms with Gasteiger partial charge in [-0.25, -0.2) is 9.48 Å². The Balaban J connectivity index is 1.91. The van der Waals surface area contributed by atoms with Crippen molar-refractivity contribution in [3.63, 3.8) is 0 Å². The third kappa shape index (κ3) is 5.57. The van der Waals surface area contributed by atoms with Gasteiger partial charge in [-0.1, -0.05) is 62.4 Å². The highest BCUT2D eigenvalue weighted by atomic mass is 16.5. The number of carbonyl (C=O) groups excluding carboxylic acids is 2. The van der Waals surface area contributed by atoms with Gasteiger partial charge >= 0.3 is 5.97 Å². The highest BCUT2D eigenvalue weighted by molar-refractivity contribution is 5.90. The van der Waals surface area contributed by atoms with Crippen LogP contribution in [0.15, 0.2) is 59.4 Å². The zero-order chi connectivity index (χ0) is 22.4. The van der Waals surface area contributed by atoms with Crippen molar-refractivity contribution in [3.05, 3.63) is 76.2 Å². The van der Waals surface area contributed by atoms with E-state index in [0.29, 0.717) is 29.4 Å². The topological polar surface area (TPSA) is 90.3 Å². The number of amides is 1. The fourth-order valence-electron chi connectivity index (χ4n) is 3.52. The molecule has 0 aliphatic carbocycles. The van der Waals surface area contributed by atoms with E-state index in [4.69, 9.17) is 4.74 Å². The number of esters is 1. The molecule has 1 aromatic heterocycles. The summed E-state index contributed by atoms with van der Waals surface area (Å²) in [5.41, 5.74) is 1.21. The number of methoxy groups -OCH3 is 1. The van der Waals surface area contributed by atoms with Crippen molar-refractivity contribution < 1.29 is 14.3 Å². The minimum absolute atomic E-state index is 0.0544. The maximum absolute atomic E-state index is 12.9. The summed E-state index contributed by atoms with van der Waals surface area (Å²) in [5, 5.41) is 8.38. The monoisotopic (exact) mass is 421 g/mol. The predicted octanol–water partition coefficient (Wildman–Crippen LogP) is 2.69. The van der Waals surface area contributed by atoms with E-state index in [1.165, 1.54) is 11.8 Å². The summed E-state index contributed by atoms with van der Waals surface area (Å²) in [4.78, 5) is 37.8. The maximum Gasteiger partial charge on any atom is 0.328 e. The Morgan fingerprint density at radius 3 is 2.32 bits per heavy atom. The van der Waals surface area contributed by atoms with Crippen molar-refractivity contribution in [2.24, 2.45) is 5.92 Å². The minimum atomic E-state index is -0.723. The summed E-state index contributed by atoms with van der Waals surface area (Å²) in [7, 11) is 1.30. The number of ether oxygens (including phenoxy) is 1. The van der Waals surface area contributed by atoms with Gasteiger partial charge in [0.15, 0.2) is 0 Å². The lowest BCUT2D eigenvalue weighted by molar-refractivity contribution is -0.145. The molecule has 3 rings (SSSR count). The van der Waals surface area contributed by atoms with Gasteiger partial charge in [0.05, 0.1) is 31.2 Å². The molecule has 0 saturated heterocycles. The molecule has 0 fully saturated rings. The van der Waals surface area contributed by atoms with Gasteiger partial charge < -0.3 is 10.1 Å². The SMILES string of the molecule is COC(=O)[C@H](CC(C)C)NC(=O)Cc1nn(Cc2ccccc2)c(=O)c2ccccc12. The molecule has 1 amide bonds. The van der Waals surface area contributed by atoms with Crippen LogP contribution in [0, 0.1) is 5.92 Å². The fourth-order valence-corrected chi connectivity index (χ4v) is 3.52. The van der Waals surface area contributed by atoms with Gasteiger partial charge in [-0.05, 0) is 24.0 Å². The molecular formula is C24H27N3O4. The summed E-state index contributed by atoms with van der Waals surface area (Å²) in [6, 6.07) is 15.9. The van der Waals surface area contributed by atoms with Gasteiger partial charge in [0.25, 0.3) is 5.56 Å². The minimum Gasteiger partial charge on any atom is -0.467 e. The van der Waals surface area contributed by atoms with Crippen molar-refractivity contribution >= 4 is 22.6 Å². The first-order chi connectivity index (χ1) is 14.9. The number of hydrogen-bond donors (Lipinski definition) is 1. The normalized spacial score (nSPS) is 12.0. The average molecular weight is 421 g/mol. The highest BCUT2D eigenvalue weighted by Crippen LogP contribution is 2.15. The molecule has 0 spiro atoms. The zero-order valence-corrected chi connectivity index (χ0v) is 18.0. The van der Waals surface area contributed by atoms with E-state index in [1.807, 2.05) is 50.2 Å². The van der Waals surface area contributed by atoms with Crippen LogP contribution in [0.2, 0.25) is 0 Å². The van der Waals surface area contributed by atoms with E-state index in [9.17, 15) is 14.4 Å². The highest BCUT2D eigenvalue weighted by Gasteiger charge is 2.23. The molecule has 0 aliphatic rings. The predicted molar refractivity (Wildman–Crippen MR) is 119 cm³/mol. The number of carbonyl (C=O) groups is 2. The van der Waals surface area contributed by atoms with Crippen molar-refractivity contribution in [1.82, 2.24) is 15.1 Å². The zero-order valence-electron chi connectivity index (χ0n) is 18.0. The van der Waals surface area contributed by atoms with E-state index in [0.717, 1.165) is 5.56 Å². The Kier molecular flexibility index (Phi) is 7.18. The van der Waals surface area contributed by atoms with Crippen LogP contribution in [-0.2, 0) is 27.3 Å². The van der Waals surface area contributed by atoms with Crippen LogP contribution in [0.4, 0.5) is 0 Å². The molecule has 1 atom stereocenters. The average Bonchev–Trinajstić information content (AvgIpc) is 2.76. The van der Waals surface area contributed by atoms with E-state index in [-0.39, 0.29) is 23.8 Å². The summed E-state index contributed by atoms with van der Waals surface area (Å²) in [5.74, 6) is -0.622. The number of aromatic nitrogens is 2. The summed E-state index contributed by atoms with van der Waals surface area (Å²) < 4.78 is 6.20. The lowest BCUT2D eigenvalue weighted by Gasteiger charge is -2.18. The summed E-state index contributed by atoms with van der Waals surface area (Å²) >= 11 is 0. The molecule has 162 valence electrons. The Morgan fingerprint density at radius 2 is 1.68 bits per heavy atom. The van der Waals surface area contributed by atoms with Crippen LogP contribution in [-0.4, -0.2) is 34.8 Å². The molecule has 2 aromatic carbocycles. The molecule has 1 N–H and O–H groups in total. The molecule has 31 heavy (non-hydrogen) atoms. The van der Waals surface area contributed by atoms with Gasteiger partial charge in [0.1, 0.15) is 6.04 Å². The molecule has 0 aliphatic heterocycles. The van der Waals surface area contributed by atoms with E-state index in [2.05, 4.69) is 10.4 Å². The van der Waals surface area contributed by atoms with Crippen LogP contribution in [0.25, 0.3) is 10.8 Å². The first-order valence-electron chi connectivity index (χ1n) is 10.3. The van der Waals surface area contributed by atoms with Crippen LogP contribution in [0.3, 0.4) is 0 Å². The number of hydrogen-bond acceptors (Lipinski definition) is 5. The van der Waals surface area contributed by atoms with Crippen LogP contribution < -0.4 is 10.9 Å². The second-order valence-electron chi connectivity index (χ2n) is 7.89. The van der Waals surface area contributed by atoms with Crippen molar-refractivity contribution in [2.45, 2.75) is 39.3 Å². The van der Waals surface area contributed by atoms with Crippen LogP contribution in [0.5, 0.6) is 0 Å². The van der Waals surface area contributed by atoms with Crippen LogP contribution in [0.1, 0.15) is 31.5 Å². The molecule has 7 nitrogen and oxygen atoms in total. The second-order valence-corrected chi connectivity index (χ2v) is 7.89. The molecule has 0 saturated carbocycles. The number of rotatable bonds is 8. The lowest BCUT2D eigenvalue weighted by Crippen LogP contribution is -2.43. The molecule has 0 bridgehead atoms. The third-order valence-electron chi connectivity index (χ3n) is 4.98. The molecule has 3 aromatic rings. The van der Waals surface area contributed by atoms with Gasteiger partial charge in [0.2, 0.25) is 5.91 Å². The first-order valence-corrected chi connectivity index (χ1v) is 10.3. The van der Waals surface area contributed by atoms with Gasteiger partial charge in [-0.3, -0.25) is 9.59 Å². The Hall–Kier alpha value is -3.48. The number of nitrogens with one attached hydrogen (secondary N) is 1. The molecule has 7 heteroatoms. The van der Waals surface area contributed by atoms with E-state index in [1.54, 1.807) is 18.2 Å². The summed E-state index contributed by atoms with van der Waals surface area (Å²) in [6.07, 6.45) is 0.418. The van der Waals surface area contributed by atoms with Gasteiger partial charge in [-0.2, -0.15) is 5.10 Å². The lowest BCUT2D eigenvalue weighted by atomic mass is 10.0. The number of fused-ring (bicyclic) bond motifs is 1. The molecular weight excluding hydrogens is 394 g/mol. The van der Waals surface area contributed by atoms with Crippen molar-refractivity contribution in [3.8, 4) is 0 Å². The summed E-state index contributed by atoms with van der Waals surface area (Å²) in [6.45, 7) is 4.24. The van der Waals surface area contributed by atoms with Crippen molar-refractivity contribution in [1.29, 1.82) is 0 Å². The molecule has 0 radical (unpaired) electrons. The largest absolute Gasteiger partial charge is 0.467 e. The number of benzene rings is 2. The van der Waals surface area contributed by atoms with Gasteiger partial charge in [0, 0.05) is 5.39 Å². The third-order valence-corrected chi connectivity index (χ3v) is 4.98. The first kappa shape index (κ1) is 22.2. The standard InChI is InChI=1S/C24H27N3O4/c1-16(2)13-21(24(30)31-3)25-22(28)14-20-18-11-7-8-12-19(18)23(29)27(26-20)15-17-9-5-4-6-10-17/h4-12,16,21H,13-15H2,1-3H3,(H,25,28)/t21-/m0/s1. The van der Waals surface area contributed by atoms with E-state index < -0.39 is 12.0 Å².